The van der Waals surface area contributed by atoms with Crippen molar-refractivity contribution in [3.05, 3.63) is 59.2 Å². The van der Waals surface area contributed by atoms with Crippen molar-refractivity contribution in [3.63, 3.8) is 0 Å². The lowest BCUT2D eigenvalue weighted by molar-refractivity contribution is 0.122. The molecule has 0 aliphatic carbocycles. The first-order valence-corrected chi connectivity index (χ1v) is 12.5. The smallest absolute Gasteiger partial charge is 0.191 e. The second kappa shape index (κ2) is 12.4. The molecule has 9 heteroatoms. The number of benzene rings is 2. The van der Waals surface area contributed by atoms with Crippen LogP contribution in [0.25, 0.3) is 0 Å². The summed E-state index contributed by atoms with van der Waals surface area (Å²) in [6.45, 7) is 9.15. The fraction of sp³-hybridized carbons (Fsp3) is 0.435. The maximum Gasteiger partial charge on any atom is 0.191 e. The van der Waals surface area contributed by atoms with E-state index in [9.17, 15) is 8.42 Å². The Bertz CT molecular complexity index is 1000. The van der Waals surface area contributed by atoms with E-state index in [1.165, 1.54) is 17.5 Å². The van der Waals surface area contributed by atoms with E-state index in [4.69, 9.17) is 4.74 Å². The Labute approximate surface area is 208 Å². The molecular weight excluding hydrogens is 539 g/mol. The van der Waals surface area contributed by atoms with Crippen LogP contribution in [0.5, 0.6) is 0 Å². The van der Waals surface area contributed by atoms with E-state index in [1.807, 2.05) is 26.0 Å². The highest BCUT2D eigenvalue weighted by atomic mass is 127. The van der Waals surface area contributed by atoms with Gasteiger partial charge in [-0.05, 0) is 48.7 Å². The number of aliphatic imine (C=N–C) groups is 1. The molecule has 0 radical (unpaired) electrons. The number of halogens is 1. The zero-order valence-corrected chi connectivity index (χ0v) is 22.1. The van der Waals surface area contributed by atoms with Gasteiger partial charge < -0.3 is 20.3 Å². The summed E-state index contributed by atoms with van der Waals surface area (Å²) in [6, 6.07) is 13.9. The number of rotatable bonds is 7. The summed E-state index contributed by atoms with van der Waals surface area (Å²) in [5, 5.41) is 6.62. The lowest BCUT2D eigenvalue weighted by Crippen LogP contribution is -2.37. The van der Waals surface area contributed by atoms with Crippen LogP contribution < -0.4 is 15.5 Å². The van der Waals surface area contributed by atoms with Crippen LogP contribution in [0.4, 0.5) is 5.69 Å². The van der Waals surface area contributed by atoms with Crippen LogP contribution in [0.15, 0.2) is 52.4 Å². The highest BCUT2D eigenvalue weighted by molar-refractivity contribution is 14.0. The van der Waals surface area contributed by atoms with Crippen LogP contribution in [0, 0.1) is 6.92 Å². The summed E-state index contributed by atoms with van der Waals surface area (Å²) < 4.78 is 29.0. The van der Waals surface area contributed by atoms with Crippen LogP contribution in [0.2, 0.25) is 0 Å². The summed E-state index contributed by atoms with van der Waals surface area (Å²) in [6.07, 6.45) is 1.23. The molecule has 7 nitrogen and oxygen atoms in total. The molecule has 0 saturated carbocycles. The monoisotopic (exact) mass is 572 g/mol. The van der Waals surface area contributed by atoms with Crippen molar-refractivity contribution in [3.8, 4) is 0 Å². The molecule has 1 heterocycles. The van der Waals surface area contributed by atoms with Crippen LogP contribution >= 0.6 is 24.0 Å². The average molecular weight is 573 g/mol. The van der Waals surface area contributed by atoms with Gasteiger partial charge in [-0.1, -0.05) is 24.3 Å². The largest absolute Gasteiger partial charge is 0.378 e. The van der Waals surface area contributed by atoms with Gasteiger partial charge in [-0.2, -0.15) is 0 Å². The van der Waals surface area contributed by atoms with Gasteiger partial charge in [0.05, 0.1) is 24.7 Å². The van der Waals surface area contributed by atoms with Crippen molar-refractivity contribution in [2.45, 2.75) is 31.8 Å². The summed E-state index contributed by atoms with van der Waals surface area (Å²) in [5.41, 5.74) is 4.11. The number of nitrogens with zero attached hydrogens (tertiary/aromatic N) is 2. The third kappa shape index (κ3) is 7.63. The predicted molar refractivity (Wildman–Crippen MR) is 141 cm³/mol. The molecule has 2 N–H and O–H groups in total. The Balaban J connectivity index is 0.00000363. The number of nitrogens with one attached hydrogen (secondary N) is 2. The number of hydrogen-bond acceptors (Lipinski definition) is 5. The molecule has 0 spiro atoms. The van der Waals surface area contributed by atoms with Crippen molar-refractivity contribution < 1.29 is 13.2 Å². The van der Waals surface area contributed by atoms with E-state index in [2.05, 4.69) is 44.8 Å². The number of sulfone groups is 1. The Kier molecular flexibility index (Phi) is 10.2. The molecule has 2 aromatic rings. The van der Waals surface area contributed by atoms with Crippen LogP contribution in [0.1, 0.15) is 23.6 Å². The van der Waals surface area contributed by atoms with E-state index < -0.39 is 9.84 Å². The van der Waals surface area contributed by atoms with Gasteiger partial charge in [0, 0.05) is 38.1 Å². The van der Waals surface area contributed by atoms with Gasteiger partial charge in [0.2, 0.25) is 0 Å². The van der Waals surface area contributed by atoms with E-state index in [-0.39, 0.29) is 24.0 Å². The van der Waals surface area contributed by atoms with Crippen molar-refractivity contribution >= 4 is 45.5 Å². The lowest BCUT2D eigenvalue weighted by Gasteiger charge is -2.28. The van der Waals surface area contributed by atoms with Crippen LogP contribution in [-0.2, 0) is 27.7 Å². The average Bonchev–Trinajstić information content (AvgIpc) is 2.76. The highest BCUT2D eigenvalue weighted by Crippen LogP contribution is 2.18. The number of guanidine groups is 1. The summed E-state index contributed by atoms with van der Waals surface area (Å²) in [4.78, 5) is 7.35. The van der Waals surface area contributed by atoms with Crippen LogP contribution in [0.3, 0.4) is 0 Å². The van der Waals surface area contributed by atoms with E-state index in [1.54, 1.807) is 6.07 Å². The number of morpholine rings is 1. The molecule has 1 aliphatic heterocycles. The van der Waals surface area contributed by atoms with Gasteiger partial charge >= 0.3 is 0 Å². The van der Waals surface area contributed by atoms with Crippen molar-refractivity contribution in [1.29, 1.82) is 0 Å². The van der Waals surface area contributed by atoms with Gasteiger partial charge in [-0.25, -0.2) is 13.4 Å². The SMILES string of the molecule is CCNC(=NCc1ccc(S(C)(=O)=O)c(C)c1)NCc1ccc(N2CCOCC2)cc1.I. The number of aryl methyl sites for hydroxylation is 1. The Morgan fingerprint density at radius 3 is 2.31 bits per heavy atom. The number of ether oxygens (including phenoxy) is 1. The third-order valence-electron chi connectivity index (χ3n) is 5.18. The summed E-state index contributed by atoms with van der Waals surface area (Å²) >= 11 is 0. The maximum atomic E-state index is 11.8. The Morgan fingerprint density at radius 2 is 1.72 bits per heavy atom. The lowest BCUT2D eigenvalue weighted by atomic mass is 10.1. The second-order valence-electron chi connectivity index (χ2n) is 7.69. The molecule has 32 heavy (non-hydrogen) atoms. The molecule has 176 valence electrons. The van der Waals surface area contributed by atoms with Gasteiger partial charge in [0.25, 0.3) is 0 Å². The third-order valence-corrected chi connectivity index (χ3v) is 6.43. The van der Waals surface area contributed by atoms with Crippen molar-refractivity contribution in [2.24, 2.45) is 4.99 Å². The molecule has 0 atom stereocenters. The van der Waals surface area contributed by atoms with Gasteiger partial charge in [0.15, 0.2) is 15.8 Å². The minimum atomic E-state index is -3.21. The van der Waals surface area contributed by atoms with Gasteiger partial charge in [0.1, 0.15) is 0 Å². The zero-order valence-electron chi connectivity index (χ0n) is 18.9. The minimum Gasteiger partial charge on any atom is -0.378 e. The first-order valence-electron chi connectivity index (χ1n) is 10.6. The molecule has 0 amide bonds. The fourth-order valence-electron chi connectivity index (χ4n) is 3.57. The molecule has 1 fully saturated rings. The standard InChI is InChI=1S/C23H32N4O3S.HI/c1-4-24-23(26-17-20-7-10-22(18(2)15-20)31(3,28)29)25-16-19-5-8-21(9-6-19)27-11-13-30-14-12-27;/h5-10,15H,4,11-14,16-17H2,1-3H3,(H2,24,25,26);1H. The Hall–Kier alpha value is -1.85. The molecule has 2 aromatic carbocycles. The molecule has 0 unspecified atom stereocenters. The van der Waals surface area contributed by atoms with Gasteiger partial charge in [-0.3, -0.25) is 0 Å². The first-order chi connectivity index (χ1) is 14.9. The quantitative estimate of drug-likeness (QED) is 0.302. The van der Waals surface area contributed by atoms with Crippen LogP contribution in [-0.4, -0.2) is 53.5 Å². The molecule has 0 aromatic heterocycles. The molecular formula is C23H33IN4O3S. The predicted octanol–water partition coefficient (Wildman–Crippen LogP) is 3.11. The molecule has 1 saturated heterocycles. The van der Waals surface area contributed by atoms with Crippen molar-refractivity contribution in [2.75, 3.05) is 44.0 Å². The summed E-state index contributed by atoms with van der Waals surface area (Å²) in [7, 11) is -3.21. The second-order valence-corrected chi connectivity index (χ2v) is 9.67. The zero-order chi connectivity index (χ0) is 22.3. The normalized spacial score (nSPS) is 14.6. The van der Waals surface area contributed by atoms with E-state index >= 15 is 0 Å². The minimum absolute atomic E-state index is 0. The highest BCUT2D eigenvalue weighted by Gasteiger charge is 2.12. The van der Waals surface area contributed by atoms with E-state index in [0.29, 0.717) is 18.0 Å². The number of anilines is 1. The first kappa shape index (κ1) is 26.4. The van der Waals surface area contributed by atoms with Gasteiger partial charge in [-0.15, -0.1) is 24.0 Å². The summed E-state index contributed by atoms with van der Waals surface area (Å²) in [5.74, 6) is 0.726. The van der Waals surface area contributed by atoms with Crippen molar-refractivity contribution in [1.82, 2.24) is 10.6 Å². The maximum absolute atomic E-state index is 11.8. The molecule has 1 aliphatic rings. The topological polar surface area (TPSA) is 83.0 Å². The molecule has 0 bridgehead atoms. The fourth-order valence-corrected chi connectivity index (χ4v) is 4.53. The Morgan fingerprint density at radius 1 is 1.06 bits per heavy atom. The molecule has 3 rings (SSSR count). The number of hydrogen-bond donors (Lipinski definition) is 2. The van der Waals surface area contributed by atoms with E-state index in [0.717, 1.165) is 49.9 Å².